The lowest BCUT2D eigenvalue weighted by Crippen LogP contribution is -2.45. The van der Waals surface area contributed by atoms with Gasteiger partial charge in [0.15, 0.2) is 5.78 Å². The van der Waals surface area contributed by atoms with E-state index < -0.39 is 48.3 Å². The smallest absolute Gasteiger partial charge is 0.373 e. The van der Waals surface area contributed by atoms with Crippen LogP contribution < -0.4 is 0 Å². The first-order valence-electron chi connectivity index (χ1n) is 15.3. The van der Waals surface area contributed by atoms with Crippen LogP contribution in [-0.2, 0) is 23.8 Å². The van der Waals surface area contributed by atoms with Crippen molar-refractivity contribution < 1.29 is 39.1 Å². The van der Waals surface area contributed by atoms with Crippen LogP contribution in [0.5, 0.6) is 0 Å². The van der Waals surface area contributed by atoms with E-state index in [2.05, 4.69) is 0 Å². The molecular formula is C35H56O8. The molecule has 8 nitrogen and oxygen atoms in total. The highest BCUT2D eigenvalue weighted by Gasteiger charge is 2.38. The summed E-state index contributed by atoms with van der Waals surface area (Å²) in [6, 6.07) is 0. The molecule has 0 amide bonds. The zero-order valence-corrected chi connectivity index (χ0v) is 28.0. The van der Waals surface area contributed by atoms with Gasteiger partial charge < -0.3 is 29.5 Å². The number of hydrogen-bond donors (Lipinski definition) is 3. The normalized spacial score (nSPS) is 31.5. The zero-order chi connectivity index (χ0) is 33.0. The van der Waals surface area contributed by atoms with Crippen molar-refractivity contribution in [2.24, 2.45) is 35.5 Å². The van der Waals surface area contributed by atoms with E-state index >= 15 is 0 Å². The lowest BCUT2D eigenvalue weighted by atomic mass is 9.84. The number of allylic oxidation sites excluding steroid dienone is 6. The Morgan fingerprint density at radius 2 is 1.70 bits per heavy atom. The van der Waals surface area contributed by atoms with Crippen molar-refractivity contribution in [1.82, 2.24) is 0 Å². The van der Waals surface area contributed by atoms with E-state index in [0.717, 1.165) is 11.1 Å². The van der Waals surface area contributed by atoms with Crippen molar-refractivity contribution >= 4 is 11.8 Å². The Morgan fingerprint density at radius 1 is 1.07 bits per heavy atom. The number of carbonyl (C=O) groups excluding carboxylic acids is 2. The third-order valence-corrected chi connectivity index (χ3v) is 8.40. The fraction of sp³-hybridized carbons (Fsp3) is 0.657. The number of cyclic esters (lactones) is 1. The SMILES string of the molecule is CO/C1=C\C(C)=C[C@@H](C)C(O)[C@@H](C)C/C(C)=C/C=C/[C@H](OC)[C@@H]([C@@H](C)[C@@H](O)[C@H](C)C(=O)/C=C/[C@H](C)[C@H](O)C(C)C)OC1=O. The van der Waals surface area contributed by atoms with Crippen LogP contribution in [0.25, 0.3) is 0 Å². The van der Waals surface area contributed by atoms with E-state index in [1.54, 1.807) is 32.1 Å². The predicted octanol–water partition coefficient (Wildman–Crippen LogP) is 5.34. The fourth-order valence-electron chi connectivity index (χ4n) is 5.43. The summed E-state index contributed by atoms with van der Waals surface area (Å²) in [6.45, 7) is 16.7. The Morgan fingerprint density at radius 3 is 2.26 bits per heavy atom. The second-order valence-corrected chi connectivity index (χ2v) is 12.6. The molecule has 0 aliphatic carbocycles. The number of methoxy groups -OCH3 is 2. The molecule has 1 rings (SSSR count). The second-order valence-electron chi connectivity index (χ2n) is 12.6. The van der Waals surface area contributed by atoms with Crippen LogP contribution in [0.15, 0.2) is 59.4 Å². The van der Waals surface area contributed by atoms with Crippen molar-refractivity contribution in [2.45, 2.75) is 99.3 Å². The van der Waals surface area contributed by atoms with Crippen molar-refractivity contribution in [3.8, 4) is 0 Å². The highest BCUT2D eigenvalue weighted by Crippen LogP contribution is 2.27. The number of ketones is 1. The maximum Gasteiger partial charge on any atom is 0.373 e. The minimum Gasteiger partial charge on any atom is -0.490 e. The first-order chi connectivity index (χ1) is 20.0. The van der Waals surface area contributed by atoms with Gasteiger partial charge in [-0.2, -0.15) is 0 Å². The number of rotatable bonds is 10. The molecule has 1 aliphatic rings. The molecule has 0 aromatic heterocycles. The molecule has 0 spiro atoms. The van der Waals surface area contributed by atoms with Crippen molar-refractivity contribution in [3.63, 3.8) is 0 Å². The molecule has 0 radical (unpaired) electrons. The largest absolute Gasteiger partial charge is 0.490 e. The average molecular weight is 605 g/mol. The summed E-state index contributed by atoms with van der Waals surface area (Å²) in [5.74, 6) is -2.96. The van der Waals surface area contributed by atoms with Crippen LogP contribution in [0.4, 0.5) is 0 Å². The first kappa shape index (κ1) is 38.5. The summed E-state index contributed by atoms with van der Waals surface area (Å²) in [5, 5.41) is 32.5. The predicted molar refractivity (Wildman–Crippen MR) is 170 cm³/mol. The standard InChI is InChI=1S/C35H56O8/c1-20(2)31(37)23(5)15-16-28(36)26(8)33(39)27(9)34-29(41-10)14-12-13-21(3)17-24(6)32(38)25(7)18-22(4)19-30(42-11)35(40)43-34/h12-16,18-20,23-27,29,31-34,37-39H,17H2,1-11H3/b14-12+,16-15+,21-13+,22-18?,30-19-/t23-,24-,25+,26+,27-,29-,31+,32?,33-,34+/m0/s1. The Hall–Kier alpha value is -2.52. The number of aliphatic hydroxyl groups excluding tert-OH is 3. The minimum absolute atomic E-state index is 0.00159. The summed E-state index contributed by atoms with van der Waals surface area (Å²) in [4.78, 5) is 26.4. The van der Waals surface area contributed by atoms with E-state index in [9.17, 15) is 24.9 Å². The van der Waals surface area contributed by atoms with Gasteiger partial charge in [0.25, 0.3) is 0 Å². The van der Waals surface area contributed by atoms with Gasteiger partial charge in [0.1, 0.15) is 12.2 Å². The van der Waals surface area contributed by atoms with Gasteiger partial charge in [-0.3, -0.25) is 4.79 Å². The molecular weight excluding hydrogens is 548 g/mol. The van der Waals surface area contributed by atoms with Crippen LogP contribution in [0, 0.1) is 35.5 Å². The molecule has 43 heavy (non-hydrogen) atoms. The highest BCUT2D eigenvalue weighted by atomic mass is 16.6. The summed E-state index contributed by atoms with van der Waals surface area (Å²) in [7, 11) is 2.86. The molecule has 0 saturated carbocycles. The van der Waals surface area contributed by atoms with E-state index in [1.165, 1.54) is 20.3 Å². The molecule has 1 unspecified atom stereocenters. The van der Waals surface area contributed by atoms with E-state index in [-0.39, 0.29) is 35.2 Å². The van der Waals surface area contributed by atoms with Crippen LogP contribution in [0.2, 0.25) is 0 Å². The molecule has 10 atom stereocenters. The van der Waals surface area contributed by atoms with Gasteiger partial charge >= 0.3 is 5.97 Å². The van der Waals surface area contributed by atoms with Gasteiger partial charge in [0, 0.05) is 30.8 Å². The van der Waals surface area contributed by atoms with Crippen LogP contribution in [0.3, 0.4) is 0 Å². The van der Waals surface area contributed by atoms with Crippen LogP contribution in [0.1, 0.15) is 68.7 Å². The van der Waals surface area contributed by atoms with Gasteiger partial charge in [-0.25, -0.2) is 4.79 Å². The molecule has 0 saturated heterocycles. The Balaban J connectivity index is 3.46. The Labute approximate surface area is 259 Å². The first-order valence-corrected chi connectivity index (χ1v) is 15.3. The maximum absolute atomic E-state index is 13.4. The molecule has 0 fully saturated rings. The number of hydrogen-bond acceptors (Lipinski definition) is 8. The molecule has 0 aromatic rings. The summed E-state index contributed by atoms with van der Waals surface area (Å²) < 4.78 is 17.0. The maximum atomic E-state index is 13.4. The summed E-state index contributed by atoms with van der Waals surface area (Å²) in [5.41, 5.74) is 1.78. The molecule has 1 aliphatic heterocycles. The van der Waals surface area contributed by atoms with E-state index in [0.29, 0.717) is 6.42 Å². The van der Waals surface area contributed by atoms with Gasteiger partial charge in [-0.05, 0) is 44.3 Å². The van der Waals surface area contributed by atoms with Gasteiger partial charge in [-0.1, -0.05) is 90.0 Å². The molecule has 3 N–H and O–H groups in total. The summed E-state index contributed by atoms with van der Waals surface area (Å²) in [6.07, 6.45) is 8.65. The van der Waals surface area contributed by atoms with Crippen molar-refractivity contribution in [1.29, 1.82) is 0 Å². The Kier molecular flexibility index (Phi) is 16.4. The van der Waals surface area contributed by atoms with Crippen LogP contribution in [-0.4, -0.2) is 71.8 Å². The molecule has 244 valence electrons. The van der Waals surface area contributed by atoms with Gasteiger partial charge in [-0.15, -0.1) is 0 Å². The monoisotopic (exact) mass is 604 g/mol. The number of carbonyl (C=O) groups is 2. The molecule has 1 heterocycles. The molecule has 8 heteroatoms. The second kappa shape index (κ2) is 18.3. The van der Waals surface area contributed by atoms with Gasteiger partial charge in [0.2, 0.25) is 5.76 Å². The average Bonchev–Trinajstić information content (AvgIpc) is 2.96. The third-order valence-electron chi connectivity index (χ3n) is 8.40. The number of ether oxygens (including phenoxy) is 3. The zero-order valence-electron chi connectivity index (χ0n) is 28.0. The van der Waals surface area contributed by atoms with E-state index in [1.807, 2.05) is 66.7 Å². The third kappa shape index (κ3) is 11.8. The highest BCUT2D eigenvalue weighted by molar-refractivity contribution is 5.92. The number of aliphatic hydroxyl groups is 3. The topological polar surface area (TPSA) is 123 Å². The Bertz CT molecular complexity index is 1050. The van der Waals surface area contributed by atoms with Crippen molar-refractivity contribution in [2.75, 3.05) is 14.2 Å². The fourth-order valence-corrected chi connectivity index (χ4v) is 5.43. The number of esters is 1. The lowest BCUT2D eigenvalue weighted by molar-refractivity contribution is -0.162. The molecule has 0 bridgehead atoms. The quantitative estimate of drug-likeness (QED) is 0.226. The van der Waals surface area contributed by atoms with E-state index in [4.69, 9.17) is 14.2 Å². The van der Waals surface area contributed by atoms with Gasteiger partial charge in [0.05, 0.1) is 25.4 Å². The molecule has 0 aromatic carbocycles. The van der Waals surface area contributed by atoms with Crippen LogP contribution >= 0.6 is 0 Å². The lowest BCUT2D eigenvalue weighted by Gasteiger charge is -2.33. The summed E-state index contributed by atoms with van der Waals surface area (Å²) >= 11 is 0. The van der Waals surface area contributed by atoms with Crippen molar-refractivity contribution in [3.05, 3.63) is 59.4 Å². The minimum atomic E-state index is -1.17.